The molecule has 1 aliphatic rings. The molecule has 8 heteroatoms. The van der Waals surface area contributed by atoms with Crippen molar-refractivity contribution in [2.45, 2.75) is 12.8 Å². The number of hydrogen-bond acceptors (Lipinski definition) is 5. The molecule has 1 heterocycles. The van der Waals surface area contributed by atoms with Crippen LogP contribution in [0.2, 0.25) is 0 Å². The first-order valence-corrected chi connectivity index (χ1v) is 8.04. The number of methoxy groups -OCH3 is 1. The summed E-state index contributed by atoms with van der Waals surface area (Å²) in [6.07, 6.45) is 1.39. The van der Waals surface area contributed by atoms with Crippen LogP contribution in [0.1, 0.15) is 23.2 Å². The van der Waals surface area contributed by atoms with Crippen molar-refractivity contribution < 1.29 is 19.2 Å². The minimum Gasteiger partial charge on any atom is -0.490 e. The maximum Gasteiger partial charge on any atom is 0.311 e. The number of benzene rings is 2. The molecule has 0 aromatic heterocycles. The van der Waals surface area contributed by atoms with E-state index in [0.29, 0.717) is 18.7 Å². The van der Waals surface area contributed by atoms with E-state index in [4.69, 9.17) is 4.74 Å². The zero-order valence-corrected chi connectivity index (χ0v) is 14.1. The summed E-state index contributed by atoms with van der Waals surface area (Å²) in [7, 11) is 1.33. The summed E-state index contributed by atoms with van der Waals surface area (Å²) in [5.74, 6) is -0.292. The number of carbonyl (C=O) groups is 2. The largest absolute Gasteiger partial charge is 0.490 e. The van der Waals surface area contributed by atoms with E-state index in [9.17, 15) is 19.7 Å². The molecule has 2 aromatic rings. The van der Waals surface area contributed by atoms with E-state index >= 15 is 0 Å². The molecule has 1 saturated heterocycles. The van der Waals surface area contributed by atoms with Gasteiger partial charge in [0.05, 0.1) is 12.0 Å². The Hall–Kier alpha value is -3.42. The first-order chi connectivity index (χ1) is 12.5. The molecule has 0 atom stereocenters. The number of nitrogens with zero attached hydrogens (tertiary/aromatic N) is 2. The van der Waals surface area contributed by atoms with Gasteiger partial charge < -0.3 is 15.0 Å². The van der Waals surface area contributed by atoms with Gasteiger partial charge in [-0.1, -0.05) is 0 Å². The normalized spacial score (nSPS) is 13.6. The maximum absolute atomic E-state index is 12.3. The van der Waals surface area contributed by atoms with Crippen LogP contribution in [0.5, 0.6) is 5.75 Å². The van der Waals surface area contributed by atoms with Crippen molar-refractivity contribution in [3.63, 3.8) is 0 Å². The zero-order chi connectivity index (χ0) is 18.7. The standard InChI is InChI=1S/C18H17N3O5/c1-26-16-9-4-12(11-15(16)21(24)25)18(23)19-13-5-7-14(8-6-13)20-10-2-3-17(20)22/h4-9,11H,2-3,10H2,1H3,(H,19,23). The quantitative estimate of drug-likeness (QED) is 0.656. The molecule has 0 unspecified atom stereocenters. The van der Waals surface area contributed by atoms with Gasteiger partial charge in [0.15, 0.2) is 5.75 Å². The van der Waals surface area contributed by atoms with Crippen LogP contribution in [0.25, 0.3) is 0 Å². The fourth-order valence-electron chi connectivity index (χ4n) is 2.82. The highest BCUT2D eigenvalue weighted by Gasteiger charge is 2.22. The van der Waals surface area contributed by atoms with Crippen LogP contribution in [0.4, 0.5) is 17.1 Å². The zero-order valence-electron chi connectivity index (χ0n) is 14.1. The molecule has 0 spiro atoms. The Morgan fingerprint density at radius 1 is 1.23 bits per heavy atom. The van der Waals surface area contributed by atoms with Crippen LogP contribution in [0, 0.1) is 10.1 Å². The molecule has 1 fully saturated rings. The number of nitro benzene ring substituents is 1. The molecule has 0 saturated carbocycles. The Morgan fingerprint density at radius 3 is 2.54 bits per heavy atom. The van der Waals surface area contributed by atoms with E-state index in [0.717, 1.165) is 12.1 Å². The number of carbonyl (C=O) groups excluding carboxylic acids is 2. The van der Waals surface area contributed by atoms with Crippen molar-refractivity contribution >= 4 is 28.9 Å². The first-order valence-electron chi connectivity index (χ1n) is 8.04. The first kappa shape index (κ1) is 17.4. The van der Waals surface area contributed by atoms with Crippen LogP contribution in [-0.4, -0.2) is 30.4 Å². The summed E-state index contributed by atoms with van der Waals surface area (Å²) in [4.78, 5) is 36.3. The smallest absolute Gasteiger partial charge is 0.311 e. The highest BCUT2D eigenvalue weighted by atomic mass is 16.6. The lowest BCUT2D eigenvalue weighted by Crippen LogP contribution is -2.23. The molecule has 134 valence electrons. The predicted octanol–water partition coefficient (Wildman–Crippen LogP) is 2.98. The third-order valence-corrected chi connectivity index (χ3v) is 4.15. The predicted molar refractivity (Wildman–Crippen MR) is 95.6 cm³/mol. The number of rotatable bonds is 5. The van der Waals surface area contributed by atoms with Crippen LogP contribution in [-0.2, 0) is 4.79 Å². The van der Waals surface area contributed by atoms with Crippen LogP contribution in [0.3, 0.4) is 0 Å². The summed E-state index contributed by atoms with van der Waals surface area (Å²) in [6, 6.07) is 10.9. The van der Waals surface area contributed by atoms with Crippen LogP contribution < -0.4 is 15.0 Å². The number of ether oxygens (including phenoxy) is 1. The lowest BCUT2D eigenvalue weighted by atomic mass is 10.1. The van der Waals surface area contributed by atoms with E-state index in [2.05, 4.69) is 5.32 Å². The molecule has 2 amide bonds. The molecule has 0 aliphatic carbocycles. The molecule has 0 radical (unpaired) electrons. The third kappa shape index (κ3) is 3.49. The Balaban J connectivity index is 1.74. The second kappa shape index (κ2) is 7.22. The van der Waals surface area contributed by atoms with Gasteiger partial charge in [-0.15, -0.1) is 0 Å². The summed E-state index contributed by atoms with van der Waals surface area (Å²) in [5.41, 5.74) is 1.19. The molecular weight excluding hydrogens is 338 g/mol. The molecule has 2 aromatic carbocycles. The Morgan fingerprint density at radius 2 is 1.96 bits per heavy atom. The van der Waals surface area contributed by atoms with Gasteiger partial charge >= 0.3 is 5.69 Å². The number of hydrogen-bond donors (Lipinski definition) is 1. The summed E-state index contributed by atoms with van der Waals surface area (Å²) in [6.45, 7) is 0.694. The molecule has 26 heavy (non-hydrogen) atoms. The van der Waals surface area contributed by atoms with Crippen molar-refractivity contribution in [2.75, 3.05) is 23.9 Å². The summed E-state index contributed by atoms with van der Waals surface area (Å²) in [5, 5.41) is 13.8. The number of anilines is 2. The SMILES string of the molecule is COc1ccc(C(=O)Nc2ccc(N3CCCC3=O)cc2)cc1[N+](=O)[O-]. The van der Waals surface area contributed by atoms with Crippen LogP contribution in [0.15, 0.2) is 42.5 Å². The Bertz CT molecular complexity index is 864. The van der Waals surface area contributed by atoms with Crippen molar-refractivity contribution in [3.8, 4) is 5.75 Å². The van der Waals surface area contributed by atoms with Gasteiger partial charge in [0.25, 0.3) is 5.91 Å². The van der Waals surface area contributed by atoms with Crippen LogP contribution >= 0.6 is 0 Å². The monoisotopic (exact) mass is 355 g/mol. The Kier molecular flexibility index (Phi) is 4.83. The summed E-state index contributed by atoms with van der Waals surface area (Å²) >= 11 is 0. The van der Waals surface area contributed by atoms with E-state index in [-0.39, 0.29) is 22.9 Å². The maximum atomic E-state index is 12.3. The van der Waals surface area contributed by atoms with E-state index in [1.54, 1.807) is 29.2 Å². The molecule has 3 rings (SSSR count). The third-order valence-electron chi connectivity index (χ3n) is 4.15. The topological polar surface area (TPSA) is 102 Å². The van der Waals surface area contributed by atoms with Gasteiger partial charge in [-0.2, -0.15) is 0 Å². The second-order valence-electron chi connectivity index (χ2n) is 5.79. The van der Waals surface area contributed by atoms with Crippen molar-refractivity contribution in [1.82, 2.24) is 0 Å². The fraction of sp³-hybridized carbons (Fsp3) is 0.222. The van der Waals surface area contributed by atoms with Gasteiger partial charge in [-0.3, -0.25) is 19.7 Å². The molecular formula is C18H17N3O5. The number of nitrogens with one attached hydrogen (secondary N) is 1. The molecule has 0 bridgehead atoms. The number of amides is 2. The molecule has 1 aliphatic heterocycles. The number of nitro groups is 1. The van der Waals surface area contributed by atoms with E-state index in [1.165, 1.54) is 25.3 Å². The fourth-order valence-corrected chi connectivity index (χ4v) is 2.82. The van der Waals surface area contributed by atoms with E-state index in [1.807, 2.05) is 0 Å². The average Bonchev–Trinajstić information content (AvgIpc) is 3.07. The minimum absolute atomic E-state index is 0.0891. The highest BCUT2D eigenvalue weighted by molar-refractivity contribution is 6.05. The van der Waals surface area contributed by atoms with Gasteiger partial charge in [0, 0.05) is 36.0 Å². The summed E-state index contributed by atoms with van der Waals surface area (Å²) < 4.78 is 4.92. The second-order valence-corrected chi connectivity index (χ2v) is 5.79. The molecule has 1 N–H and O–H groups in total. The van der Waals surface area contributed by atoms with Crippen molar-refractivity contribution in [1.29, 1.82) is 0 Å². The lowest BCUT2D eigenvalue weighted by molar-refractivity contribution is -0.385. The van der Waals surface area contributed by atoms with Gasteiger partial charge in [-0.25, -0.2) is 0 Å². The van der Waals surface area contributed by atoms with Crippen molar-refractivity contribution in [3.05, 3.63) is 58.1 Å². The Labute approximate surface area is 149 Å². The van der Waals surface area contributed by atoms with Gasteiger partial charge in [0.2, 0.25) is 5.91 Å². The minimum atomic E-state index is -0.600. The molecule has 8 nitrogen and oxygen atoms in total. The van der Waals surface area contributed by atoms with E-state index < -0.39 is 10.8 Å². The average molecular weight is 355 g/mol. The van der Waals surface area contributed by atoms with Crippen molar-refractivity contribution in [2.24, 2.45) is 0 Å². The van der Waals surface area contributed by atoms with Gasteiger partial charge in [0.1, 0.15) is 0 Å². The van der Waals surface area contributed by atoms with Gasteiger partial charge in [-0.05, 0) is 42.8 Å². The lowest BCUT2D eigenvalue weighted by Gasteiger charge is -2.16. The highest BCUT2D eigenvalue weighted by Crippen LogP contribution is 2.28.